The Morgan fingerprint density at radius 1 is 0.889 bits per heavy atom. The van der Waals surface area contributed by atoms with Crippen molar-refractivity contribution in [2.24, 2.45) is 0 Å². The van der Waals surface area contributed by atoms with Crippen LogP contribution in [0.3, 0.4) is 0 Å². The van der Waals surface area contributed by atoms with Gasteiger partial charge in [0.1, 0.15) is 12.4 Å². The molecular weight excluding hydrogens is 338 g/mol. The molecule has 2 aliphatic heterocycles. The fraction of sp³-hybridized carbons (Fsp3) is 0.682. The molecule has 0 aromatic heterocycles. The Morgan fingerprint density at radius 2 is 1.48 bits per heavy atom. The number of nitrogens with zero attached hydrogens (tertiary/aromatic N) is 3. The largest absolute Gasteiger partial charge is 0.492 e. The number of likely N-dealkylation sites (tertiary alicyclic amines) is 1. The average Bonchev–Trinajstić information content (AvgIpc) is 2.95. The van der Waals surface area contributed by atoms with Crippen LogP contribution in [0.15, 0.2) is 18.2 Å². The summed E-state index contributed by atoms with van der Waals surface area (Å²) in [5.74, 6) is 1.35. The van der Waals surface area contributed by atoms with Gasteiger partial charge in [-0.05, 0) is 37.8 Å². The summed E-state index contributed by atoms with van der Waals surface area (Å²) in [5.41, 5.74) is 2.40. The van der Waals surface area contributed by atoms with Crippen LogP contribution in [0, 0.1) is 13.8 Å². The lowest BCUT2D eigenvalue weighted by molar-refractivity contribution is -0.132. The molecule has 3 rings (SSSR count). The standard InChI is InChI=1S/C22H35N3O2/c1-19-8-7-9-20(2)22(19)27-17-16-23-12-14-24(15-13-23)18-21(26)25-10-5-3-4-6-11-25/h7-9H,3-6,10-18H2,1-2H3. The Bertz CT molecular complexity index is 583. The molecule has 0 N–H and O–H groups in total. The third-order valence-electron chi connectivity index (χ3n) is 5.85. The van der Waals surface area contributed by atoms with Gasteiger partial charge in [-0.3, -0.25) is 14.6 Å². The molecule has 0 saturated carbocycles. The topological polar surface area (TPSA) is 36.0 Å². The molecule has 5 nitrogen and oxygen atoms in total. The number of rotatable bonds is 6. The van der Waals surface area contributed by atoms with Crippen LogP contribution < -0.4 is 4.74 Å². The molecule has 0 radical (unpaired) electrons. The minimum atomic E-state index is 0.323. The van der Waals surface area contributed by atoms with E-state index in [9.17, 15) is 4.79 Å². The summed E-state index contributed by atoms with van der Waals surface area (Å²) in [6.07, 6.45) is 4.87. The zero-order valence-corrected chi connectivity index (χ0v) is 17.1. The van der Waals surface area contributed by atoms with Gasteiger partial charge in [-0.1, -0.05) is 31.0 Å². The van der Waals surface area contributed by atoms with E-state index in [0.717, 1.165) is 58.2 Å². The minimum absolute atomic E-state index is 0.323. The molecule has 2 heterocycles. The Balaban J connectivity index is 1.35. The van der Waals surface area contributed by atoms with E-state index in [4.69, 9.17) is 4.74 Å². The number of carbonyl (C=O) groups excluding carboxylic acids is 1. The van der Waals surface area contributed by atoms with Crippen molar-refractivity contribution >= 4 is 5.91 Å². The van der Waals surface area contributed by atoms with E-state index in [2.05, 4.69) is 46.7 Å². The smallest absolute Gasteiger partial charge is 0.236 e. The molecule has 0 bridgehead atoms. The molecule has 2 saturated heterocycles. The fourth-order valence-electron chi connectivity index (χ4n) is 4.09. The Labute approximate surface area is 164 Å². The number of hydrogen-bond donors (Lipinski definition) is 0. The van der Waals surface area contributed by atoms with Crippen LogP contribution in [-0.4, -0.2) is 79.6 Å². The highest BCUT2D eigenvalue weighted by Crippen LogP contribution is 2.22. The summed E-state index contributed by atoms with van der Waals surface area (Å²) in [4.78, 5) is 19.4. The third-order valence-corrected chi connectivity index (χ3v) is 5.85. The summed E-state index contributed by atoms with van der Waals surface area (Å²) in [6.45, 7) is 12.3. The van der Waals surface area contributed by atoms with Gasteiger partial charge in [0.25, 0.3) is 0 Å². The lowest BCUT2D eigenvalue weighted by Gasteiger charge is -2.35. The predicted octanol–water partition coefficient (Wildman–Crippen LogP) is 2.70. The predicted molar refractivity (Wildman–Crippen MR) is 109 cm³/mol. The molecule has 2 fully saturated rings. The molecule has 0 atom stereocenters. The van der Waals surface area contributed by atoms with Crippen molar-refractivity contribution in [2.45, 2.75) is 39.5 Å². The second kappa shape index (κ2) is 10.1. The third kappa shape index (κ3) is 5.94. The van der Waals surface area contributed by atoms with Crippen molar-refractivity contribution in [1.29, 1.82) is 0 Å². The fourth-order valence-corrected chi connectivity index (χ4v) is 4.09. The molecule has 2 aliphatic rings. The summed E-state index contributed by atoms with van der Waals surface area (Å²) in [7, 11) is 0. The van der Waals surface area contributed by atoms with Crippen LogP contribution in [0.1, 0.15) is 36.8 Å². The van der Waals surface area contributed by atoms with Gasteiger partial charge in [0.2, 0.25) is 5.91 Å². The normalized spacial score (nSPS) is 19.7. The minimum Gasteiger partial charge on any atom is -0.492 e. The lowest BCUT2D eigenvalue weighted by atomic mass is 10.1. The van der Waals surface area contributed by atoms with E-state index >= 15 is 0 Å². The maximum atomic E-state index is 12.5. The zero-order chi connectivity index (χ0) is 19.1. The maximum Gasteiger partial charge on any atom is 0.236 e. The van der Waals surface area contributed by atoms with Crippen LogP contribution in [-0.2, 0) is 4.79 Å². The van der Waals surface area contributed by atoms with Crippen LogP contribution in [0.25, 0.3) is 0 Å². The van der Waals surface area contributed by atoms with Crippen LogP contribution >= 0.6 is 0 Å². The first-order valence-electron chi connectivity index (χ1n) is 10.5. The molecule has 27 heavy (non-hydrogen) atoms. The number of para-hydroxylation sites is 1. The van der Waals surface area contributed by atoms with Gasteiger partial charge < -0.3 is 9.64 Å². The molecule has 0 aliphatic carbocycles. The molecule has 0 spiro atoms. The first-order chi connectivity index (χ1) is 13.1. The van der Waals surface area contributed by atoms with Crippen LogP contribution in [0.4, 0.5) is 0 Å². The maximum absolute atomic E-state index is 12.5. The number of amides is 1. The van der Waals surface area contributed by atoms with Gasteiger partial charge in [0, 0.05) is 45.8 Å². The molecule has 5 heteroatoms. The van der Waals surface area contributed by atoms with Crippen molar-refractivity contribution in [2.75, 3.05) is 59.0 Å². The van der Waals surface area contributed by atoms with E-state index in [-0.39, 0.29) is 0 Å². The number of hydrogen-bond acceptors (Lipinski definition) is 4. The number of benzene rings is 1. The average molecular weight is 374 g/mol. The van der Waals surface area contributed by atoms with Crippen LogP contribution in [0.2, 0.25) is 0 Å². The summed E-state index contributed by atoms with van der Waals surface area (Å²) < 4.78 is 6.04. The Hall–Kier alpha value is -1.59. The molecule has 1 aromatic carbocycles. The molecule has 150 valence electrons. The van der Waals surface area contributed by atoms with Gasteiger partial charge >= 0.3 is 0 Å². The van der Waals surface area contributed by atoms with Gasteiger partial charge in [0.05, 0.1) is 6.54 Å². The highest BCUT2D eigenvalue weighted by molar-refractivity contribution is 5.78. The first kappa shape index (κ1) is 20.2. The van der Waals surface area contributed by atoms with Crippen molar-refractivity contribution < 1.29 is 9.53 Å². The summed E-state index contributed by atoms with van der Waals surface area (Å²) >= 11 is 0. The van der Waals surface area contributed by atoms with Crippen molar-refractivity contribution in [3.8, 4) is 5.75 Å². The number of aryl methyl sites for hydroxylation is 2. The lowest BCUT2D eigenvalue weighted by Crippen LogP contribution is -2.50. The second-order valence-electron chi connectivity index (χ2n) is 7.98. The number of ether oxygens (including phenoxy) is 1. The van der Waals surface area contributed by atoms with E-state index in [0.29, 0.717) is 12.5 Å². The second-order valence-corrected chi connectivity index (χ2v) is 7.98. The van der Waals surface area contributed by atoms with E-state index in [1.54, 1.807) is 0 Å². The zero-order valence-electron chi connectivity index (χ0n) is 17.1. The van der Waals surface area contributed by atoms with Gasteiger partial charge in [0.15, 0.2) is 0 Å². The highest BCUT2D eigenvalue weighted by Gasteiger charge is 2.22. The molecule has 1 aromatic rings. The SMILES string of the molecule is Cc1cccc(C)c1OCCN1CCN(CC(=O)N2CCCCCC2)CC1. The van der Waals surface area contributed by atoms with Crippen molar-refractivity contribution in [3.63, 3.8) is 0 Å². The van der Waals surface area contributed by atoms with Crippen LogP contribution in [0.5, 0.6) is 5.75 Å². The van der Waals surface area contributed by atoms with E-state index in [1.165, 1.54) is 36.8 Å². The summed E-state index contributed by atoms with van der Waals surface area (Å²) in [5, 5.41) is 0. The van der Waals surface area contributed by atoms with E-state index < -0.39 is 0 Å². The Morgan fingerprint density at radius 3 is 2.11 bits per heavy atom. The first-order valence-corrected chi connectivity index (χ1v) is 10.5. The monoisotopic (exact) mass is 373 g/mol. The summed E-state index contributed by atoms with van der Waals surface area (Å²) in [6, 6.07) is 6.27. The quantitative estimate of drug-likeness (QED) is 0.768. The number of carbonyl (C=O) groups is 1. The van der Waals surface area contributed by atoms with Gasteiger partial charge in [-0.15, -0.1) is 0 Å². The van der Waals surface area contributed by atoms with Crippen molar-refractivity contribution in [1.82, 2.24) is 14.7 Å². The van der Waals surface area contributed by atoms with Gasteiger partial charge in [-0.2, -0.15) is 0 Å². The van der Waals surface area contributed by atoms with Crippen molar-refractivity contribution in [3.05, 3.63) is 29.3 Å². The molecule has 0 unspecified atom stereocenters. The van der Waals surface area contributed by atoms with Gasteiger partial charge in [-0.25, -0.2) is 0 Å². The molecule has 1 amide bonds. The Kier molecular flexibility index (Phi) is 7.53. The highest BCUT2D eigenvalue weighted by atomic mass is 16.5. The van der Waals surface area contributed by atoms with E-state index in [1.807, 2.05) is 0 Å². The molecular formula is C22H35N3O2. The number of piperazine rings is 1.